The van der Waals surface area contributed by atoms with E-state index in [0.29, 0.717) is 11.1 Å². The van der Waals surface area contributed by atoms with Gasteiger partial charge in [-0.05, 0) is 51.0 Å². The summed E-state index contributed by atoms with van der Waals surface area (Å²) in [6, 6.07) is 3.60. The highest BCUT2D eigenvalue weighted by molar-refractivity contribution is 6.04. The fraction of sp³-hybridized carbons (Fsp3) is 0.294. The molecule has 1 aromatic carbocycles. The number of hydrogen-bond acceptors (Lipinski definition) is 3. The Bertz CT molecular complexity index is 733. The minimum Gasteiger partial charge on any atom is -0.443 e. The van der Waals surface area contributed by atoms with E-state index in [4.69, 9.17) is 4.74 Å². The van der Waals surface area contributed by atoms with Crippen molar-refractivity contribution in [3.8, 4) is 0 Å². The molecule has 0 bridgehead atoms. The highest BCUT2D eigenvalue weighted by atomic mass is 16.6. The second-order valence-corrected chi connectivity index (χ2v) is 5.95. The zero-order valence-electron chi connectivity index (χ0n) is 12.8. The van der Waals surface area contributed by atoms with Crippen molar-refractivity contribution in [3.63, 3.8) is 0 Å². The van der Waals surface area contributed by atoms with Gasteiger partial charge in [-0.15, -0.1) is 0 Å². The van der Waals surface area contributed by atoms with Gasteiger partial charge in [-0.25, -0.2) is 4.79 Å². The first-order valence-electron chi connectivity index (χ1n) is 6.74. The van der Waals surface area contributed by atoms with E-state index in [1.54, 1.807) is 18.3 Å². The van der Waals surface area contributed by atoms with Gasteiger partial charge >= 0.3 is 6.09 Å². The summed E-state index contributed by atoms with van der Waals surface area (Å²) in [6.45, 7) is 11.1. The summed E-state index contributed by atoms with van der Waals surface area (Å²) in [5.41, 5.74) is 2.30. The Morgan fingerprint density at radius 1 is 1.38 bits per heavy atom. The molecule has 0 unspecified atom stereocenters. The molecule has 4 nitrogen and oxygen atoms in total. The lowest BCUT2D eigenvalue weighted by Gasteiger charge is -2.20. The van der Waals surface area contributed by atoms with Crippen LogP contribution in [0.1, 0.15) is 42.3 Å². The van der Waals surface area contributed by atoms with E-state index in [0.717, 1.165) is 22.8 Å². The van der Waals surface area contributed by atoms with Crippen LogP contribution in [0.15, 0.2) is 24.9 Å². The Balaban J connectivity index is 2.67. The number of hydrogen-bond donors (Lipinski definition) is 0. The smallest absolute Gasteiger partial charge is 0.419 e. The van der Waals surface area contributed by atoms with Crippen molar-refractivity contribution in [1.82, 2.24) is 4.57 Å². The Hall–Kier alpha value is -2.36. The minimum absolute atomic E-state index is 0.455. The van der Waals surface area contributed by atoms with E-state index in [-0.39, 0.29) is 0 Å². The number of rotatable bonds is 2. The molecule has 0 aliphatic carbocycles. The molecule has 0 fully saturated rings. The Morgan fingerprint density at radius 3 is 2.57 bits per heavy atom. The van der Waals surface area contributed by atoms with Gasteiger partial charge in [0.15, 0.2) is 6.29 Å². The fourth-order valence-corrected chi connectivity index (χ4v) is 2.35. The van der Waals surface area contributed by atoms with Gasteiger partial charge in [0.25, 0.3) is 0 Å². The van der Waals surface area contributed by atoms with Crippen LogP contribution < -0.4 is 0 Å². The number of aryl methyl sites for hydroxylation is 1. The number of ether oxygens (including phenoxy) is 1. The van der Waals surface area contributed by atoms with Crippen LogP contribution in [0.5, 0.6) is 0 Å². The average molecular weight is 285 g/mol. The molecule has 0 atom stereocenters. The Kier molecular flexibility index (Phi) is 3.73. The fourth-order valence-electron chi connectivity index (χ4n) is 2.35. The first-order valence-corrected chi connectivity index (χ1v) is 6.74. The molecular formula is C17H19NO3. The van der Waals surface area contributed by atoms with Crippen LogP contribution >= 0.6 is 0 Å². The molecule has 2 aromatic rings. The summed E-state index contributed by atoms with van der Waals surface area (Å²) in [6.07, 6.45) is 3.61. The number of carbonyl (C=O) groups is 2. The number of aldehydes is 1. The van der Waals surface area contributed by atoms with E-state index in [1.165, 1.54) is 4.57 Å². The summed E-state index contributed by atoms with van der Waals surface area (Å²) < 4.78 is 6.83. The second-order valence-electron chi connectivity index (χ2n) is 5.95. The van der Waals surface area contributed by atoms with Crippen LogP contribution in [-0.2, 0) is 4.74 Å². The van der Waals surface area contributed by atoms with E-state index >= 15 is 0 Å². The molecule has 0 radical (unpaired) electrons. The topological polar surface area (TPSA) is 48.3 Å². The molecule has 1 heterocycles. The van der Waals surface area contributed by atoms with Crippen molar-refractivity contribution in [2.45, 2.75) is 33.3 Å². The van der Waals surface area contributed by atoms with E-state index < -0.39 is 11.7 Å². The Morgan fingerprint density at radius 2 is 2.05 bits per heavy atom. The lowest BCUT2D eigenvalue weighted by Crippen LogP contribution is -2.26. The standard InChI is InChI=1S/C17H19NO3/c1-6-12-9-11(2)15-13(14(12)10-19)7-8-18(15)16(20)21-17(3,4)5/h6-10H,1H2,2-5H3. The number of benzene rings is 1. The summed E-state index contributed by atoms with van der Waals surface area (Å²) in [5.74, 6) is 0. The lowest BCUT2D eigenvalue weighted by atomic mass is 10.0. The molecule has 0 saturated heterocycles. The third-order valence-electron chi connectivity index (χ3n) is 3.16. The van der Waals surface area contributed by atoms with Crippen LogP contribution in [-0.4, -0.2) is 22.5 Å². The number of carbonyl (C=O) groups excluding carboxylic acids is 2. The summed E-state index contributed by atoms with van der Waals surface area (Å²) in [7, 11) is 0. The Labute approximate surface area is 124 Å². The maximum absolute atomic E-state index is 12.3. The molecule has 1 aromatic heterocycles. The van der Waals surface area contributed by atoms with Crippen LogP contribution in [0.25, 0.3) is 17.0 Å². The van der Waals surface area contributed by atoms with Gasteiger partial charge in [0.05, 0.1) is 5.52 Å². The number of fused-ring (bicyclic) bond motifs is 1. The van der Waals surface area contributed by atoms with E-state index in [9.17, 15) is 9.59 Å². The SMILES string of the molecule is C=Cc1cc(C)c2c(ccn2C(=O)OC(C)(C)C)c1C=O. The monoisotopic (exact) mass is 285 g/mol. The van der Waals surface area contributed by atoms with Crippen molar-refractivity contribution in [2.75, 3.05) is 0 Å². The maximum atomic E-state index is 12.3. The summed E-state index contributed by atoms with van der Waals surface area (Å²) >= 11 is 0. The summed E-state index contributed by atoms with van der Waals surface area (Å²) in [5, 5.41) is 0.728. The average Bonchev–Trinajstić information content (AvgIpc) is 2.81. The zero-order valence-corrected chi connectivity index (χ0v) is 12.8. The van der Waals surface area contributed by atoms with Gasteiger partial charge in [0.2, 0.25) is 0 Å². The molecule has 0 saturated carbocycles. The quantitative estimate of drug-likeness (QED) is 0.777. The van der Waals surface area contributed by atoms with Gasteiger partial charge in [0.1, 0.15) is 5.60 Å². The predicted octanol–water partition coefficient (Wildman–Crippen LogP) is 4.19. The van der Waals surface area contributed by atoms with Crippen molar-refractivity contribution < 1.29 is 14.3 Å². The van der Waals surface area contributed by atoms with Gasteiger partial charge in [-0.1, -0.05) is 12.7 Å². The van der Waals surface area contributed by atoms with Crippen LogP contribution in [0, 0.1) is 6.92 Å². The van der Waals surface area contributed by atoms with Crippen molar-refractivity contribution in [1.29, 1.82) is 0 Å². The van der Waals surface area contributed by atoms with Gasteiger partial charge < -0.3 is 4.74 Å². The minimum atomic E-state index is -0.573. The van der Waals surface area contributed by atoms with Crippen LogP contribution in [0.3, 0.4) is 0 Å². The zero-order chi connectivity index (χ0) is 15.8. The van der Waals surface area contributed by atoms with Gasteiger partial charge in [-0.3, -0.25) is 9.36 Å². The third-order valence-corrected chi connectivity index (χ3v) is 3.16. The predicted molar refractivity (Wildman–Crippen MR) is 83.8 cm³/mol. The number of nitrogens with zero attached hydrogens (tertiary/aromatic N) is 1. The molecule has 0 amide bonds. The molecule has 2 rings (SSSR count). The first kappa shape index (κ1) is 15.0. The largest absolute Gasteiger partial charge is 0.443 e. The highest BCUT2D eigenvalue weighted by Crippen LogP contribution is 2.27. The first-order chi connectivity index (χ1) is 9.78. The highest BCUT2D eigenvalue weighted by Gasteiger charge is 2.21. The van der Waals surface area contributed by atoms with Crippen molar-refractivity contribution >= 4 is 29.4 Å². The van der Waals surface area contributed by atoms with Crippen LogP contribution in [0.2, 0.25) is 0 Å². The van der Waals surface area contributed by atoms with E-state index in [2.05, 4.69) is 6.58 Å². The molecule has 110 valence electrons. The third kappa shape index (κ3) is 2.75. The molecule has 0 N–H and O–H groups in total. The molecule has 0 aliphatic rings. The summed E-state index contributed by atoms with van der Waals surface area (Å²) in [4.78, 5) is 23.6. The van der Waals surface area contributed by atoms with Crippen LogP contribution in [0.4, 0.5) is 4.79 Å². The lowest BCUT2D eigenvalue weighted by molar-refractivity contribution is 0.0544. The van der Waals surface area contributed by atoms with Crippen molar-refractivity contribution in [3.05, 3.63) is 41.6 Å². The van der Waals surface area contributed by atoms with Gasteiger partial charge in [0, 0.05) is 17.1 Å². The molecular weight excluding hydrogens is 266 g/mol. The molecule has 4 heteroatoms. The number of aromatic nitrogens is 1. The molecule has 0 aliphatic heterocycles. The second kappa shape index (κ2) is 5.20. The normalized spacial score (nSPS) is 11.4. The van der Waals surface area contributed by atoms with Crippen molar-refractivity contribution in [2.24, 2.45) is 0 Å². The van der Waals surface area contributed by atoms with E-state index in [1.807, 2.05) is 33.8 Å². The molecule has 0 spiro atoms. The molecule has 21 heavy (non-hydrogen) atoms. The van der Waals surface area contributed by atoms with Gasteiger partial charge in [-0.2, -0.15) is 0 Å². The maximum Gasteiger partial charge on any atom is 0.419 e.